The van der Waals surface area contributed by atoms with Crippen LogP contribution < -0.4 is 5.32 Å². The van der Waals surface area contributed by atoms with Gasteiger partial charge in [-0.2, -0.15) is 0 Å². The van der Waals surface area contributed by atoms with E-state index in [1.165, 1.54) is 0 Å². The first kappa shape index (κ1) is 15.0. The minimum absolute atomic E-state index is 0.0307. The Hall–Kier alpha value is -1.43. The van der Waals surface area contributed by atoms with Crippen LogP contribution in [0, 0.1) is 5.92 Å². The number of nitrogens with one attached hydrogen (secondary N) is 1. The molecule has 1 aromatic rings. The molecular weight excluding hydrogens is 256 g/mol. The molecule has 0 aliphatic heterocycles. The lowest BCUT2D eigenvalue weighted by Gasteiger charge is -2.19. The number of hydrogen-bond donors (Lipinski definition) is 2. The lowest BCUT2D eigenvalue weighted by molar-refractivity contribution is -0.119. The summed E-state index contributed by atoms with van der Waals surface area (Å²) < 4.78 is 1.83. The highest BCUT2D eigenvalue weighted by molar-refractivity contribution is 5.73. The highest BCUT2D eigenvalue weighted by Crippen LogP contribution is 2.27. The fraction of sp³-hybridized carbons (Fsp3) is 0.786. The van der Waals surface area contributed by atoms with E-state index in [1.54, 1.807) is 20.8 Å². The van der Waals surface area contributed by atoms with Crippen molar-refractivity contribution in [3.8, 4) is 0 Å². The smallest absolute Gasteiger partial charge is 0.217 e. The number of carbonyl (C=O) groups is 1. The van der Waals surface area contributed by atoms with Crippen LogP contribution in [0.25, 0.3) is 0 Å². The van der Waals surface area contributed by atoms with Gasteiger partial charge >= 0.3 is 0 Å². The summed E-state index contributed by atoms with van der Waals surface area (Å²) in [7, 11) is 0. The van der Waals surface area contributed by atoms with E-state index >= 15 is 0 Å². The van der Waals surface area contributed by atoms with Gasteiger partial charge in [-0.3, -0.25) is 9.48 Å². The number of aromatic nitrogens is 3. The summed E-state index contributed by atoms with van der Waals surface area (Å²) >= 11 is 0. The molecule has 0 saturated heterocycles. The summed E-state index contributed by atoms with van der Waals surface area (Å²) in [6.45, 7) is 5.85. The molecular formula is C14H24N4O2. The molecule has 2 N–H and O–H groups in total. The molecule has 2 rings (SSSR count). The topological polar surface area (TPSA) is 80.0 Å². The van der Waals surface area contributed by atoms with E-state index in [0.717, 1.165) is 31.5 Å². The van der Waals surface area contributed by atoms with Gasteiger partial charge in [0, 0.05) is 32.1 Å². The highest BCUT2D eigenvalue weighted by Gasteiger charge is 2.28. The largest absolute Gasteiger partial charge is 0.390 e. The molecule has 20 heavy (non-hydrogen) atoms. The van der Waals surface area contributed by atoms with Crippen LogP contribution in [0.5, 0.6) is 0 Å². The summed E-state index contributed by atoms with van der Waals surface area (Å²) in [5.41, 5.74) is 0.0269. The fourth-order valence-corrected chi connectivity index (χ4v) is 2.90. The van der Waals surface area contributed by atoms with E-state index in [0.29, 0.717) is 12.3 Å². The second-order valence-electron chi connectivity index (χ2n) is 6.42. The first-order valence-corrected chi connectivity index (χ1v) is 7.22. The third-order valence-electron chi connectivity index (χ3n) is 3.67. The lowest BCUT2D eigenvalue weighted by atomic mass is 10.0. The number of amides is 1. The zero-order chi connectivity index (χ0) is 14.8. The molecule has 6 nitrogen and oxygen atoms in total. The molecule has 0 aromatic carbocycles. The van der Waals surface area contributed by atoms with Gasteiger partial charge in [0.1, 0.15) is 0 Å². The van der Waals surface area contributed by atoms with E-state index in [4.69, 9.17) is 0 Å². The van der Waals surface area contributed by atoms with Crippen LogP contribution >= 0.6 is 0 Å². The number of aliphatic hydroxyl groups is 1. The molecule has 1 heterocycles. The van der Waals surface area contributed by atoms with E-state index in [1.807, 2.05) is 10.9 Å². The quantitative estimate of drug-likeness (QED) is 0.839. The summed E-state index contributed by atoms with van der Waals surface area (Å²) in [6, 6.07) is 0.245. The zero-order valence-corrected chi connectivity index (χ0v) is 12.5. The molecule has 6 heteroatoms. The number of rotatable bonds is 5. The molecule has 1 fully saturated rings. The maximum absolute atomic E-state index is 11.2. The Morgan fingerprint density at radius 2 is 2.30 bits per heavy atom. The summed E-state index contributed by atoms with van der Waals surface area (Å²) in [4.78, 5) is 11.2. The second kappa shape index (κ2) is 5.91. The van der Waals surface area contributed by atoms with E-state index in [2.05, 4.69) is 15.6 Å². The van der Waals surface area contributed by atoms with Crippen molar-refractivity contribution >= 4 is 5.91 Å². The Morgan fingerprint density at radius 1 is 1.55 bits per heavy atom. The Labute approximate surface area is 119 Å². The summed E-state index contributed by atoms with van der Waals surface area (Å²) in [5, 5.41) is 21.0. The maximum Gasteiger partial charge on any atom is 0.217 e. The van der Waals surface area contributed by atoms with Crippen molar-refractivity contribution in [3.05, 3.63) is 11.9 Å². The van der Waals surface area contributed by atoms with Crippen LogP contribution in [-0.2, 0) is 17.8 Å². The van der Waals surface area contributed by atoms with E-state index in [-0.39, 0.29) is 11.9 Å². The molecule has 1 saturated carbocycles. The zero-order valence-electron chi connectivity index (χ0n) is 12.5. The van der Waals surface area contributed by atoms with Crippen molar-refractivity contribution in [3.63, 3.8) is 0 Å². The summed E-state index contributed by atoms with van der Waals surface area (Å²) in [5.74, 6) is 0.443. The molecule has 1 aliphatic rings. The second-order valence-corrected chi connectivity index (χ2v) is 6.42. The first-order chi connectivity index (χ1) is 9.33. The number of hydrogen-bond acceptors (Lipinski definition) is 4. The van der Waals surface area contributed by atoms with Crippen molar-refractivity contribution in [2.45, 2.75) is 64.6 Å². The Kier molecular flexibility index (Phi) is 4.42. The van der Waals surface area contributed by atoms with E-state index in [9.17, 15) is 9.90 Å². The third-order valence-corrected chi connectivity index (χ3v) is 3.67. The SMILES string of the molecule is CC(=O)N[C@@H]1CCC[C@@H]1Cn1cc(CC(C)(C)O)nn1. The van der Waals surface area contributed by atoms with Crippen molar-refractivity contribution in [2.24, 2.45) is 5.92 Å². The molecule has 1 aliphatic carbocycles. The lowest BCUT2D eigenvalue weighted by Crippen LogP contribution is -2.37. The van der Waals surface area contributed by atoms with Crippen molar-refractivity contribution in [1.29, 1.82) is 0 Å². The molecule has 1 amide bonds. The minimum atomic E-state index is -0.771. The van der Waals surface area contributed by atoms with Gasteiger partial charge in [0.05, 0.1) is 11.3 Å². The molecule has 0 bridgehead atoms. The molecule has 0 spiro atoms. The van der Waals surface area contributed by atoms with Gasteiger partial charge in [0.15, 0.2) is 0 Å². The van der Waals surface area contributed by atoms with Gasteiger partial charge in [-0.1, -0.05) is 11.6 Å². The average molecular weight is 280 g/mol. The predicted octanol–water partition coefficient (Wildman–Crippen LogP) is 0.896. The first-order valence-electron chi connectivity index (χ1n) is 7.22. The van der Waals surface area contributed by atoms with Crippen LogP contribution in [0.3, 0.4) is 0 Å². The van der Waals surface area contributed by atoms with Crippen LogP contribution in [0.4, 0.5) is 0 Å². The van der Waals surface area contributed by atoms with Crippen LogP contribution in [-0.4, -0.2) is 37.7 Å². The van der Waals surface area contributed by atoms with Crippen LogP contribution in [0.1, 0.15) is 45.7 Å². The van der Waals surface area contributed by atoms with Gasteiger partial charge in [-0.05, 0) is 32.6 Å². The number of nitrogens with zero attached hydrogens (tertiary/aromatic N) is 3. The Balaban J connectivity index is 1.94. The highest BCUT2D eigenvalue weighted by atomic mass is 16.3. The normalized spacial score (nSPS) is 23.0. The van der Waals surface area contributed by atoms with Crippen LogP contribution in [0.2, 0.25) is 0 Å². The molecule has 1 aromatic heterocycles. The predicted molar refractivity (Wildman–Crippen MR) is 75.0 cm³/mol. The monoisotopic (exact) mass is 280 g/mol. The number of carbonyl (C=O) groups excluding carboxylic acids is 1. The van der Waals surface area contributed by atoms with Gasteiger partial charge in [0.2, 0.25) is 5.91 Å². The average Bonchev–Trinajstić information content (AvgIpc) is 2.87. The van der Waals surface area contributed by atoms with Crippen molar-refractivity contribution < 1.29 is 9.90 Å². The minimum Gasteiger partial charge on any atom is -0.390 e. The van der Waals surface area contributed by atoms with Crippen molar-refractivity contribution in [1.82, 2.24) is 20.3 Å². The van der Waals surface area contributed by atoms with Crippen molar-refractivity contribution in [2.75, 3.05) is 0 Å². The van der Waals surface area contributed by atoms with Crippen LogP contribution in [0.15, 0.2) is 6.20 Å². The summed E-state index contributed by atoms with van der Waals surface area (Å²) in [6.07, 6.45) is 5.66. The van der Waals surface area contributed by atoms with E-state index < -0.39 is 5.60 Å². The molecule has 0 unspecified atom stereocenters. The van der Waals surface area contributed by atoms with Gasteiger partial charge in [0.25, 0.3) is 0 Å². The Morgan fingerprint density at radius 3 is 2.95 bits per heavy atom. The van der Waals surface area contributed by atoms with Gasteiger partial charge < -0.3 is 10.4 Å². The molecule has 2 atom stereocenters. The molecule has 112 valence electrons. The Bertz CT molecular complexity index is 464. The standard InChI is InChI=1S/C14H24N4O2/c1-10(19)15-13-6-4-5-11(13)8-18-9-12(16-17-18)7-14(2,3)20/h9,11,13,20H,4-8H2,1-3H3,(H,15,19)/t11-,13-/m1/s1. The fourth-order valence-electron chi connectivity index (χ4n) is 2.90. The van der Waals surface area contributed by atoms with Gasteiger partial charge in [-0.25, -0.2) is 0 Å². The molecule has 0 radical (unpaired) electrons. The third kappa shape index (κ3) is 4.30. The van der Waals surface area contributed by atoms with Gasteiger partial charge in [-0.15, -0.1) is 5.10 Å². The maximum atomic E-state index is 11.2.